The monoisotopic (exact) mass is 385 g/mol. The van der Waals surface area contributed by atoms with Crippen LogP contribution in [0.4, 0.5) is 5.82 Å². The van der Waals surface area contributed by atoms with Crippen molar-refractivity contribution in [3.63, 3.8) is 0 Å². The summed E-state index contributed by atoms with van der Waals surface area (Å²) in [7, 11) is -3.58. The van der Waals surface area contributed by atoms with E-state index in [4.69, 9.17) is 5.26 Å². The number of fused-ring (bicyclic) bond motifs is 3. The first-order chi connectivity index (χ1) is 13.0. The number of hydrogen-bond acceptors (Lipinski definition) is 7. The zero-order valence-electron chi connectivity index (χ0n) is 14.8. The lowest BCUT2D eigenvalue weighted by molar-refractivity contribution is 0.465. The molecule has 4 heterocycles. The van der Waals surface area contributed by atoms with Crippen LogP contribution >= 0.6 is 0 Å². The van der Waals surface area contributed by atoms with Crippen LogP contribution in [0, 0.1) is 11.3 Å². The van der Waals surface area contributed by atoms with Crippen LogP contribution in [0.1, 0.15) is 19.8 Å². The number of rotatable bonds is 4. The Morgan fingerprint density at radius 2 is 2.26 bits per heavy atom. The molecule has 2 atom stereocenters. The molecular formula is C17H19N7O2S. The van der Waals surface area contributed by atoms with Crippen molar-refractivity contribution in [3.05, 3.63) is 24.7 Å². The number of aromatic nitrogens is 4. The van der Waals surface area contributed by atoms with Crippen molar-refractivity contribution in [2.45, 2.75) is 31.1 Å². The summed E-state index contributed by atoms with van der Waals surface area (Å²) in [5.74, 6) is 0.659. The van der Waals surface area contributed by atoms with E-state index >= 15 is 0 Å². The highest BCUT2D eigenvalue weighted by molar-refractivity contribution is 7.90. The molecule has 0 spiro atoms. The zero-order valence-corrected chi connectivity index (χ0v) is 15.6. The van der Waals surface area contributed by atoms with E-state index in [0.29, 0.717) is 25.2 Å². The zero-order chi connectivity index (χ0) is 19.0. The first kappa shape index (κ1) is 17.6. The fourth-order valence-electron chi connectivity index (χ4n) is 3.64. The largest absolute Gasteiger partial charge is 0.351 e. The Morgan fingerprint density at radius 3 is 3.07 bits per heavy atom. The maximum absolute atomic E-state index is 12.5. The van der Waals surface area contributed by atoms with E-state index in [2.05, 4.69) is 31.8 Å². The number of piperidine rings is 1. The fraction of sp³-hybridized carbons (Fsp3) is 0.412. The number of nitrogens with one attached hydrogen (secondary N) is 2. The van der Waals surface area contributed by atoms with Crippen LogP contribution < -0.4 is 9.62 Å². The second-order valence-corrected chi connectivity index (χ2v) is 8.77. The summed E-state index contributed by atoms with van der Waals surface area (Å²) in [6, 6.07) is 3.88. The van der Waals surface area contributed by atoms with Crippen molar-refractivity contribution in [3.8, 4) is 6.07 Å². The molecule has 10 heteroatoms. The summed E-state index contributed by atoms with van der Waals surface area (Å²) in [6.45, 7) is 2.13. The highest BCUT2D eigenvalue weighted by atomic mass is 32.2. The molecule has 3 aromatic rings. The van der Waals surface area contributed by atoms with Crippen molar-refractivity contribution in [2.24, 2.45) is 0 Å². The molecule has 9 nitrogen and oxygen atoms in total. The van der Waals surface area contributed by atoms with E-state index in [-0.39, 0.29) is 12.6 Å². The van der Waals surface area contributed by atoms with Gasteiger partial charge in [-0.1, -0.05) is 0 Å². The summed E-state index contributed by atoms with van der Waals surface area (Å²) in [4.78, 5) is 9.48. The molecular weight excluding hydrogens is 366 g/mol. The normalized spacial score (nSPS) is 20.8. The van der Waals surface area contributed by atoms with Gasteiger partial charge in [-0.3, -0.25) is 0 Å². The van der Waals surface area contributed by atoms with Crippen molar-refractivity contribution < 1.29 is 8.42 Å². The van der Waals surface area contributed by atoms with E-state index < -0.39 is 15.3 Å². The maximum Gasteiger partial charge on any atom is 0.217 e. The average Bonchev–Trinajstić information content (AvgIpc) is 3.15. The number of H-pyrrole nitrogens is 1. The Labute approximate surface area is 156 Å². The number of sulfonamides is 1. The highest BCUT2D eigenvalue weighted by Crippen LogP contribution is 2.34. The third-order valence-corrected chi connectivity index (χ3v) is 6.90. The Balaban J connectivity index is 1.78. The molecule has 140 valence electrons. The van der Waals surface area contributed by atoms with Crippen molar-refractivity contribution in [1.29, 1.82) is 5.26 Å². The van der Waals surface area contributed by atoms with Gasteiger partial charge in [-0.05, 0) is 25.8 Å². The van der Waals surface area contributed by atoms with Gasteiger partial charge in [-0.2, -0.15) is 10.4 Å². The minimum absolute atomic E-state index is 0.120. The molecule has 0 aromatic carbocycles. The van der Waals surface area contributed by atoms with Gasteiger partial charge in [0.25, 0.3) is 0 Å². The Hall–Kier alpha value is -2.77. The van der Waals surface area contributed by atoms with Gasteiger partial charge in [0.1, 0.15) is 5.65 Å². The summed E-state index contributed by atoms with van der Waals surface area (Å²) in [6.07, 6.45) is 6.47. The van der Waals surface area contributed by atoms with E-state index in [0.717, 1.165) is 21.8 Å². The highest BCUT2D eigenvalue weighted by Gasteiger charge is 2.35. The van der Waals surface area contributed by atoms with Crippen LogP contribution in [0.5, 0.6) is 0 Å². The minimum atomic E-state index is -3.58. The van der Waals surface area contributed by atoms with E-state index in [9.17, 15) is 8.42 Å². The lowest BCUT2D eigenvalue weighted by Crippen LogP contribution is -2.50. The third-order valence-electron chi connectivity index (χ3n) is 5.09. The Bertz CT molecular complexity index is 1140. The maximum atomic E-state index is 12.5. The van der Waals surface area contributed by atoms with Crippen LogP contribution in [0.15, 0.2) is 24.7 Å². The van der Waals surface area contributed by atoms with Gasteiger partial charge in [0.15, 0.2) is 5.82 Å². The first-order valence-electron chi connectivity index (χ1n) is 8.71. The van der Waals surface area contributed by atoms with Crippen molar-refractivity contribution >= 4 is 37.6 Å². The summed E-state index contributed by atoms with van der Waals surface area (Å²) < 4.78 is 27.4. The molecule has 0 aliphatic carbocycles. The molecule has 2 N–H and O–H groups in total. The number of pyridine rings is 1. The lowest BCUT2D eigenvalue weighted by atomic mass is 10.0. The molecule has 3 aromatic heterocycles. The van der Waals surface area contributed by atoms with Gasteiger partial charge in [0, 0.05) is 41.1 Å². The number of hydrogen-bond donors (Lipinski definition) is 2. The number of nitriles is 1. The van der Waals surface area contributed by atoms with Gasteiger partial charge in [0.2, 0.25) is 10.0 Å². The van der Waals surface area contributed by atoms with E-state index in [1.807, 2.05) is 23.2 Å². The first-order valence-corrected chi connectivity index (χ1v) is 10.3. The van der Waals surface area contributed by atoms with Gasteiger partial charge in [-0.25, -0.2) is 18.1 Å². The van der Waals surface area contributed by atoms with Crippen LogP contribution in [0.3, 0.4) is 0 Å². The Kier molecular flexibility index (Phi) is 4.41. The number of aromatic amines is 1. The standard InChI is InChI=1S/C17H19N7O2S/c1-11-2-3-13(27(25,26)22-7-5-18)10-24(11)17-15-12(9-21-23-17)8-20-16-14(15)4-6-19-16/h4,6,8-9,11,13,22H,2-3,7,10H2,1H3,(H,19,20). The van der Waals surface area contributed by atoms with Crippen LogP contribution in [0.25, 0.3) is 21.8 Å². The number of anilines is 1. The van der Waals surface area contributed by atoms with Crippen LogP contribution in [0.2, 0.25) is 0 Å². The number of nitrogens with zero attached hydrogens (tertiary/aromatic N) is 5. The predicted octanol–water partition coefficient (Wildman–Crippen LogP) is 1.31. The summed E-state index contributed by atoms with van der Waals surface area (Å²) in [5.41, 5.74) is 0.751. The molecule has 2 unspecified atom stereocenters. The lowest BCUT2D eigenvalue weighted by Gasteiger charge is -2.38. The molecule has 0 amide bonds. The molecule has 27 heavy (non-hydrogen) atoms. The average molecular weight is 385 g/mol. The molecule has 1 aliphatic heterocycles. The van der Waals surface area contributed by atoms with Gasteiger partial charge >= 0.3 is 0 Å². The molecule has 1 saturated heterocycles. The van der Waals surface area contributed by atoms with Crippen molar-refractivity contribution in [1.82, 2.24) is 24.9 Å². The second kappa shape index (κ2) is 6.75. The molecule has 4 rings (SSSR count). The van der Waals surface area contributed by atoms with Crippen LogP contribution in [-0.4, -0.2) is 53.0 Å². The van der Waals surface area contributed by atoms with Gasteiger partial charge in [0.05, 0.1) is 24.1 Å². The van der Waals surface area contributed by atoms with Gasteiger partial charge < -0.3 is 9.88 Å². The third kappa shape index (κ3) is 3.09. The fourth-order valence-corrected chi connectivity index (χ4v) is 4.94. The van der Waals surface area contributed by atoms with E-state index in [1.165, 1.54) is 0 Å². The molecule has 0 radical (unpaired) electrons. The van der Waals surface area contributed by atoms with E-state index in [1.54, 1.807) is 12.4 Å². The van der Waals surface area contributed by atoms with Gasteiger partial charge in [-0.15, -0.1) is 5.10 Å². The predicted molar refractivity (Wildman–Crippen MR) is 102 cm³/mol. The Morgan fingerprint density at radius 1 is 1.41 bits per heavy atom. The summed E-state index contributed by atoms with van der Waals surface area (Å²) >= 11 is 0. The quantitative estimate of drug-likeness (QED) is 0.648. The summed E-state index contributed by atoms with van der Waals surface area (Å²) in [5, 5.41) is 19.2. The molecule has 0 saturated carbocycles. The van der Waals surface area contributed by atoms with Crippen LogP contribution in [-0.2, 0) is 10.0 Å². The smallest absolute Gasteiger partial charge is 0.217 e. The molecule has 1 aliphatic rings. The minimum Gasteiger partial charge on any atom is -0.351 e. The second-order valence-electron chi connectivity index (χ2n) is 6.72. The molecule has 0 bridgehead atoms. The molecule has 1 fully saturated rings. The van der Waals surface area contributed by atoms with Crippen molar-refractivity contribution in [2.75, 3.05) is 18.0 Å². The SMILES string of the molecule is CC1CCC(S(=O)(=O)NCC#N)CN1c1nncc2cnc3[nH]ccc3c12. The topological polar surface area (TPSA) is 128 Å².